The molecule has 2 saturated heterocycles. The van der Waals surface area contributed by atoms with Gasteiger partial charge in [0.15, 0.2) is 0 Å². The first kappa shape index (κ1) is 52.5. The van der Waals surface area contributed by atoms with E-state index in [1.165, 1.54) is 68.5 Å². The first-order chi connectivity index (χ1) is 35.3. The van der Waals surface area contributed by atoms with Gasteiger partial charge in [0.2, 0.25) is 0 Å². The Kier molecular flexibility index (Phi) is 18.9. The average molecular weight is 1230 g/mol. The van der Waals surface area contributed by atoms with Crippen molar-refractivity contribution in [2.75, 3.05) is 48.4 Å². The van der Waals surface area contributed by atoms with Crippen LogP contribution in [0.4, 0.5) is 21.7 Å². The molecule has 12 rings (SSSR count). The van der Waals surface area contributed by atoms with Gasteiger partial charge in [-0.25, -0.2) is 34.3 Å². The summed E-state index contributed by atoms with van der Waals surface area (Å²) in [5.74, 6) is 1.16. The minimum absolute atomic E-state index is 0. The molecule has 0 radical (unpaired) electrons. The fraction of sp³-hybridized carbons (Fsp3) is 0.259. The van der Waals surface area contributed by atoms with Crippen molar-refractivity contribution in [3.63, 3.8) is 0 Å². The van der Waals surface area contributed by atoms with E-state index in [1.807, 2.05) is 61.9 Å². The van der Waals surface area contributed by atoms with Gasteiger partial charge in [0, 0.05) is 140 Å². The minimum atomic E-state index is -0.320. The second-order valence-corrected chi connectivity index (χ2v) is 17.1. The normalized spacial score (nSPS) is 12.8. The predicted octanol–water partition coefficient (Wildman–Crippen LogP) is 10.1. The maximum absolute atomic E-state index is 13.4. The Hall–Kier alpha value is -6.83. The third-order valence-electron chi connectivity index (χ3n) is 12.2. The van der Waals surface area contributed by atoms with Crippen LogP contribution < -0.4 is 20.9 Å². The van der Waals surface area contributed by atoms with Gasteiger partial charge < -0.3 is 20.9 Å². The first-order valence-corrected chi connectivity index (χ1v) is 24.4. The molecule has 10 aromatic rings. The van der Waals surface area contributed by atoms with Crippen LogP contribution in [0.5, 0.6) is 0 Å². The van der Waals surface area contributed by atoms with E-state index in [1.54, 1.807) is 27.8 Å². The maximum atomic E-state index is 13.4. The molecule has 2 fully saturated rings. The quantitative estimate of drug-likeness (QED) is 0.105. The molecule has 0 bridgehead atoms. The third-order valence-corrected chi connectivity index (χ3v) is 12.2. The molecule has 0 aliphatic carbocycles. The van der Waals surface area contributed by atoms with Gasteiger partial charge in [-0.3, -0.25) is 18.2 Å². The third kappa shape index (κ3) is 13.8. The van der Waals surface area contributed by atoms with Crippen molar-refractivity contribution < 1.29 is 38.3 Å². The van der Waals surface area contributed by atoms with E-state index in [0.717, 1.165) is 69.5 Å². The molecule has 10 heterocycles. The fourth-order valence-electron chi connectivity index (χ4n) is 8.45. The van der Waals surface area contributed by atoms with E-state index in [2.05, 4.69) is 141 Å². The fourth-order valence-corrected chi connectivity index (χ4v) is 8.45. The molecule has 0 amide bonds. The number of imidazole rings is 2. The zero-order chi connectivity index (χ0) is 49.7. The van der Waals surface area contributed by atoms with E-state index in [0.29, 0.717) is 36.9 Å². The molecule has 19 heteroatoms. The van der Waals surface area contributed by atoms with E-state index in [-0.39, 0.29) is 45.8 Å². The van der Waals surface area contributed by atoms with Gasteiger partial charge in [-0.2, -0.15) is 10.2 Å². The summed E-state index contributed by atoms with van der Waals surface area (Å²) in [7, 11) is 6.08. The number of fused-ring (bicyclic) bond motifs is 2. The van der Waals surface area contributed by atoms with Crippen molar-refractivity contribution in [3.8, 4) is 45.0 Å². The number of benzene rings is 2. The van der Waals surface area contributed by atoms with Gasteiger partial charge in [-0.15, -0.1) is 9.24 Å². The number of rotatable bonds is 11. The molecular formula is C54H64FN16PU. The Labute approximate surface area is 454 Å². The van der Waals surface area contributed by atoms with Crippen molar-refractivity contribution in [1.82, 2.24) is 63.6 Å². The Balaban J connectivity index is 0.000000206. The minimum Gasteiger partial charge on any atom is -0.371 e. The molecule has 8 aromatic heterocycles. The standard InChI is InChI=1S/C26H26N8.C22H18FN7.C4H9N.CH5P.CH4.U.H2/c1-32-17-21(15-31-32)20-6-4-19(5-7-20)14-27-25-13-23(29-18-30-25)24-16-28-26-12-22(8-11-34(24)26)33-9-2-3-10-33;1-29-13-17(11-28-29)16-4-2-15(3-5-16)10-24-21-9-19(26-14-27-21)20-12-25-22-8-18(23)6-7-30(20)22;1-2-4-5-3-1;1-2;;;/h4-8,11-13,15-18H,2-3,9-10,14H2,1H3,(H,27,29,30);2-9,11-14H,10H2,1H3,(H,24,26,27);5H,1-4H2;2H2,1H3;1H4;;1H/i;;;1D;;;. The number of halogens is 1. The van der Waals surface area contributed by atoms with E-state index < -0.39 is 0 Å². The number of pyridine rings is 2. The number of aromatic nitrogens is 12. The smallest absolute Gasteiger partial charge is 0.140 e. The van der Waals surface area contributed by atoms with Crippen LogP contribution >= 0.6 is 9.24 Å². The molecule has 73 heavy (non-hydrogen) atoms. The Bertz CT molecular complexity index is 3310. The molecule has 3 N–H and O–H groups in total. The van der Waals surface area contributed by atoms with Gasteiger partial charge >= 0.3 is 0 Å². The summed E-state index contributed by atoms with van der Waals surface area (Å²) in [5, 5.41) is 18.4. The molecule has 2 aliphatic heterocycles. The van der Waals surface area contributed by atoms with Crippen LogP contribution in [0.25, 0.3) is 56.3 Å². The summed E-state index contributed by atoms with van der Waals surface area (Å²) < 4.78 is 27.1. The first-order valence-electron chi connectivity index (χ1n) is 24.3. The molecule has 376 valence electrons. The zero-order valence-electron chi connectivity index (χ0n) is 41.4. The molecule has 1 atom stereocenters. The average Bonchev–Trinajstić information content (AvgIpc) is 4.28. The number of aryl methyl sites for hydroxylation is 2. The molecule has 0 saturated carbocycles. The van der Waals surface area contributed by atoms with Gasteiger partial charge in [0.05, 0.1) is 47.6 Å². The van der Waals surface area contributed by atoms with E-state index in [4.69, 9.17) is 1.37 Å². The zero-order valence-corrected chi connectivity index (χ0v) is 45.7. The topological polar surface area (TPSA) is 161 Å². The Morgan fingerprint density at radius 2 is 1.10 bits per heavy atom. The summed E-state index contributed by atoms with van der Waals surface area (Å²) in [5.41, 5.74) is 12.8. The Morgan fingerprint density at radius 1 is 0.616 bits per heavy atom. The van der Waals surface area contributed by atoms with Crippen LogP contribution in [0.1, 0.15) is 47.0 Å². The second-order valence-electron chi connectivity index (χ2n) is 17.1. The Morgan fingerprint density at radius 3 is 1.55 bits per heavy atom. The summed E-state index contributed by atoms with van der Waals surface area (Å²) in [6.07, 6.45) is 23.4. The van der Waals surface area contributed by atoms with E-state index in [9.17, 15) is 4.39 Å². The van der Waals surface area contributed by atoms with Gasteiger partial charge in [0.1, 0.15) is 41.4 Å². The summed E-state index contributed by atoms with van der Waals surface area (Å²) >= 11 is 0. The molecule has 1 unspecified atom stereocenters. The van der Waals surface area contributed by atoms with E-state index >= 15 is 0 Å². The van der Waals surface area contributed by atoms with Crippen LogP contribution in [0, 0.1) is 36.9 Å². The number of anilines is 3. The van der Waals surface area contributed by atoms with Crippen molar-refractivity contribution in [2.45, 2.75) is 46.2 Å². The van der Waals surface area contributed by atoms with Crippen LogP contribution in [0.2, 0.25) is 0 Å². The molecule has 16 nitrogen and oxygen atoms in total. The summed E-state index contributed by atoms with van der Waals surface area (Å²) in [6, 6.07) is 27.7. The number of nitrogens with one attached hydrogen (secondary N) is 3. The van der Waals surface area contributed by atoms with Gasteiger partial charge in [0.25, 0.3) is 0 Å². The monoisotopic (exact) mass is 1230 g/mol. The second kappa shape index (κ2) is 26.2. The number of hydrogen-bond acceptors (Lipinski definition) is 12. The van der Waals surface area contributed by atoms with Gasteiger partial charge in [-0.05, 0) is 73.2 Å². The SMILES string of the molecule is C.C1CCNC1.Cn1cc(-c2ccc(CNc3cc(-c4cnc5cc(F)ccn45)ncn3)cc2)cn1.Cn1cc(-c2ccc(CNc3cc(-c4cnc5cc(N6CCCC6)ccn45)ncn3)cc2)cn1.[2H]CP.[HH].[U]. The van der Waals surface area contributed by atoms with Crippen molar-refractivity contribution in [2.24, 2.45) is 14.1 Å². The molecule has 2 aromatic carbocycles. The molecular weight excluding hydrogens is 1160 g/mol. The number of hydrogen-bond donors (Lipinski definition) is 3. The van der Waals surface area contributed by atoms with Crippen molar-refractivity contribution >= 4 is 37.9 Å². The summed E-state index contributed by atoms with van der Waals surface area (Å²) in [4.78, 5) is 28.9. The number of nitrogens with zero attached hydrogens (tertiary/aromatic N) is 13. The molecule has 2 aliphatic rings. The predicted molar refractivity (Wildman–Crippen MR) is 292 cm³/mol. The maximum Gasteiger partial charge on any atom is 0.140 e. The van der Waals surface area contributed by atoms with Crippen LogP contribution in [-0.4, -0.2) is 91.1 Å². The largest absolute Gasteiger partial charge is 0.371 e. The van der Waals surface area contributed by atoms with Crippen LogP contribution in [-0.2, 0) is 27.2 Å². The van der Waals surface area contributed by atoms with Crippen molar-refractivity contribution in [1.29, 1.82) is 0 Å². The van der Waals surface area contributed by atoms with Crippen molar-refractivity contribution in [3.05, 3.63) is 164 Å². The van der Waals surface area contributed by atoms with Crippen LogP contribution in [0.15, 0.2) is 147 Å². The van der Waals surface area contributed by atoms with Gasteiger partial charge in [-0.1, -0.05) is 62.6 Å². The molecule has 0 spiro atoms. The summed E-state index contributed by atoms with van der Waals surface area (Å²) in [6.45, 7) is 6.46. The van der Waals surface area contributed by atoms with Crippen LogP contribution in [0.3, 0.4) is 0 Å².